The van der Waals surface area contributed by atoms with Gasteiger partial charge in [-0.15, -0.1) is 0 Å². The predicted molar refractivity (Wildman–Crippen MR) is 97.4 cm³/mol. The Morgan fingerprint density at radius 2 is 1.92 bits per heavy atom. The highest BCUT2D eigenvalue weighted by atomic mass is 16.5. The minimum atomic E-state index is 0.551. The van der Waals surface area contributed by atoms with E-state index in [9.17, 15) is 0 Å². The van der Waals surface area contributed by atoms with Crippen molar-refractivity contribution < 1.29 is 4.74 Å². The van der Waals surface area contributed by atoms with Crippen LogP contribution in [0.3, 0.4) is 0 Å². The van der Waals surface area contributed by atoms with Crippen molar-refractivity contribution in [1.82, 2.24) is 24.6 Å². The maximum Gasteiger partial charge on any atom is 0.216 e. The van der Waals surface area contributed by atoms with Gasteiger partial charge in [-0.3, -0.25) is 0 Å². The highest BCUT2D eigenvalue weighted by molar-refractivity contribution is 5.68. The molecule has 0 N–H and O–H groups in total. The molecule has 2 fully saturated rings. The van der Waals surface area contributed by atoms with Gasteiger partial charge < -0.3 is 9.64 Å². The zero-order chi connectivity index (χ0) is 17.3. The fourth-order valence-corrected chi connectivity index (χ4v) is 3.64. The lowest BCUT2D eigenvalue weighted by molar-refractivity contribution is 0.215. The fraction of sp³-hybridized carbons (Fsp3) is 0.474. The summed E-state index contributed by atoms with van der Waals surface area (Å²) in [5.41, 5.74) is 2.19. The third-order valence-electron chi connectivity index (χ3n) is 5.34. The maximum atomic E-state index is 5.96. The van der Waals surface area contributed by atoms with E-state index in [0.717, 1.165) is 55.4 Å². The van der Waals surface area contributed by atoms with E-state index in [1.807, 2.05) is 35.2 Å². The molecule has 5 rings (SSSR count). The van der Waals surface area contributed by atoms with Crippen molar-refractivity contribution >= 4 is 11.3 Å². The van der Waals surface area contributed by atoms with Gasteiger partial charge in [-0.2, -0.15) is 5.10 Å². The zero-order valence-corrected chi connectivity index (χ0v) is 14.7. The molecular weight excluding hydrogens is 328 g/mol. The van der Waals surface area contributed by atoms with Gasteiger partial charge in [0.1, 0.15) is 11.8 Å². The highest BCUT2D eigenvalue weighted by Crippen LogP contribution is 2.39. The molecule has 26 heavy (non-hydrogen) atoms. The van der Waals surface area contributed by atoms with E-state index in [1.54, 1.807) is 6.33 Å². The van der Waals surface area contributed by atoms with Crippen molar-refractivity contribution in [2.24, 2.45) is 5.92 Å². The summed E-state index contributed by atoms with van der Waals surface area (Å²) >= 11 is 0. The smallest absolute Gasteiger partial charge is 0.216 e. The number of fused-ring (bicyclic) bond motifs is 1. The third kappa shape index (κ3) is 3.09. The first-order valence-electron chi connectivity index (χ1n) is 9.35. The molecule has 134 valence electrons. The van der Waals surface area contributed by atoms with Crippen molar-refractivity contribution in [2.45, 2.75) is 31.6 Å². The Balaban J connectivity index is 1.18. The molecule has 1 aliphatic heterocycles. The highest BCUT2D eigenvalue weighted by Gasteiger charge is 2.26. The lowest BCUT2D eigenvalue weighted by atomic mass is 9.98. The Morgan fingerprint density at radius 3 is 2.77 bits per heavy atom. The van der Waals surface area contributed by atoms with Crippen molar-refractivity contribution in [1.29, 1.82) is 0 Å². The van der Waals surface area contributed by atoms with Crippen molar-refractivity contribution in [2.75, 3.05) is 24.6 Å². The zero-order valence-electron chi connectivity index (χ0n) is 14.7. The Labute approximate surface area is 152 Å². The SMILES string of the molecule is c1nc(OCC2CCN(c3nccn4nccc34)CC2)cc(C2CC2)n1. The number of hydrogen-bond donors (Lipinski definition) is 0. The van der Waals surface area contributed by atoms with E-state index in [0.29, 0.717) is 11.8 Å². The molecule has 0 unspecified atom stereocenters. The first-order chi connectivity index (χ1) is 12.9. The van der Waals surface area contributed by atoms with Crippen LogP contribution < -0.4 is 9.64 Å². The minimum Gasteiger partial charge on any atom is -0.477 e. The summed E-state index contributed by atoms with van der Waals surface area (Å²) in [6, 6.07) is 4.03. The van der Waals surface area contributed by atoms with Crippen LogP contribution in [-0.2, 0) is 0 Å². The molecule has 2 aliphatic rings. The first kappa shape index (κ1) is 15.5. The van der Waals surface area contributed by atoms with Crippen LogP contribution in [0.25, 0.3) is 5.52 Å². The Hall–Kier alpha value is -2.70. The van der Waals surface area contributed by atoms with E-state index in [-0.39, 0.29) is 0 Å². The standard InChI is InChI=1S/C19H22N6O/c1-2-15(1)16-11-18(22-13-21-16)26-12-14-4-8-24(9-5-14)19-17-3-6-23-25(17)10-7-20-19/h3,6-7,10-11,13-15H,1-2,4-5,8-9,12H2. The predicted octanol–water partition coefficient (Wildman–Crippen LogP) is 2.69. The van der Waals surface area contributed by atoms with Gasteiger partial charge in [0.2, 0.25) is 5.88 Å². The van der Waals surface area contributed by atoms with Crippen LogP contribution >= 0.6 is 0 Å². The van der Waals surface area contributed by atoms with Gasteiger partial charge in [-0.25, -0.2) is 19.5 Å². The van der Waals surface area contributed by atoms with Crippen LogP contribution in [0, 0.1) is 5.92 Å². The van der Waals surface area contributed by atoms with E-state index in [4.69, 9.17) is 4.74 Å². The number of nitrogens with zero attached hydrogens (tertiary/aromatic N) is 6. The Bertz CT molecular complexity index is 898. The molecule has 0 bridgehead atoms. The summed E-state index contributed by atoms with van der Waals surface area (Å²) in [5.74, 6) is 2.92. The Kier molecular flexibility index (Phi) is 3.92. The van der Waals surface area contributed by atoms with Gasteiger partial charge in [0.25, 0.3) is 0 Å². The van der Waals surface area contributed by atoms with Crippen LogP contribution in [0.15, 0.2) is 37.1 Å². The molecule has 1 saturated heterocycles. The summed E-state index contributed by atoms with van der Waals surface area (Å²) in [6.07, 6.45) is 11.8. The molecule has 7 heteroatoms. The molecular formula is C19H22N6O. The number of piperidine rings is 1. The molecule has 3 aromatic heterocycles. The van der Waals surface area contributed by atoms with Crippen LogP contribution in [0.1, 0.15) is 37.3 Å². The molecule has 1 saturated carbocycles. The summed E-state index contributed by atoms with van der Waals surface area (Å²) in [5, 5.41) is 4.29. The topological polar surface area (TPSA) is 68.4 Å². The summed E-state index contributed by atoms with van der Waals surface area (Å²) in [7, 11) is 0. The summed E-state index contributed by atoms with van der Waals surface area (Å²) in [6.45, 7) is 2.70. The third-order valence-corrected chi connectivity index (χ3v) is 5.34. The molecule has 3 aromatic rings. The number of anilines is 1. The molecule has 0 atom stereocenters. The summed E-state index contributed by atoms with van der Waals surface area (Å²) in [4.78, 5) is 15.5. The van der Waals surface area contributed by atoms with Gasteiger partial charge >= 0.3 is 0 Å². The lowest BCUT2D eigenvalue weighted by Crippen LogP contribution is -2.36. The van der Waals surface area contributed by atoms with E-state index < -0.39 is 0 Å². The van der Waals surface area contributed by atoms with Gasteiger partial charge in [-0.1, -0.05) is 0 Å². The quantitative estimate of drug-likeness (QED) is 0.705. The monoisotopic (exact) mass is 350 g/mol. The van der Waals surface area contributed by atoms with E-state index in [2.05, 4.69) is 25.0 Å². The first-order valence-corrected chi connectivity index (χ1v) is 9.35. The lowest BCUT2D eigenvalue weighted by Gasteiger charge is -2.32. The second-order valence-corrected chi connectivity index (χ2v) is 7.21. The summed E-state index contributed by atoms with van der Waals surface area (Å²) < 4.78 is 7.84. The maximum absolute atomic E-state index is 5.96. The number of rotatable bonds is 5. The van der Waals surface area contributed by atoms with Gasteiger partial charge in [0.15, 0.2) is 5.82 Å². The van der Waals surface area contributed by atoms with Crippen molar-refractivity contribution in [3.05, 3.63) is 42.7 Å². The van der Waals surface area contributed by atoms with E-state index in [1.165, 1.54) is 12.8 Å². The number of hydrogen-bond acceptors (Lipinski definition) is 6. The largest absolute Gasteiger partial charge is 0.477 e. The molecule has 1 aliphatic carbocycles. The average molecular weight is 350 g/mol. The average Bonchev–Trinajstić information content (AvgIpc) is 3.44. The molecule has 0 radical (unpaired) electrons. The van der Waals surface area contributed by atoms with Crippen LogP contribution in [0.2, 0.25) is 0 Å². The molecule has 7 nitrogen and oxygen atoms in total. The van der Waals surface area contributed by atoms with Crippen LogP contribution in [-0.4, -0.2) is 44.3 Å². The van der Waals surface area contributed by atoms with Gasteiger partial charge in [-0.05, 0) is 37.7 Å². The Morgan fingerprint density at radius 1 is 1.04 bits per heavy atom. The van der Waals surface area contributed by atoms with E-state index >= 15 is 0 Å². The number of ether oxygens (including phenoxy) is 1. The molecule has 0 amide bonds. The minimum absolute atomic E-state index is 0.551. The molecule has 4 heterocycles. The second kappa shape index (κ2) is 6.55. The van der Waals surface area contributed by atoms with Crippen molar-refractivity contribution in [3.8, 4) is 5.88 Å². The van der Waals surface area contributed by atoms with Crippen molar-refractivity contribution in [3.63, 3.8) is 0 Å². The van der Waals surface area contributed by atoms with Crippen LogP contribution in [0.5, 0.6) is 5.88 Å². The fourth-order valence-electron chi connectivity index (χ4n) is 3.64. The van der Waals surface area contributed by atoms with Gasteiger partial charge in [0, 0.05) is 37.5 Å². The normalized spacial score (nSPS) is 18.4. The van der Waals surface area contributed by atoms with Crippen LogP contribution in [0.4, 0.5) is 5.82 Å². The second-order valence-electron chi connectivity index (χ2n) is 7.21. The molecule has 0 spiro atoms. The van der Waals surface area contributed by atoms with Gasteiger partial charge in [0.05, 0.1) is 18.5 Å². The number of aromatic nitrogens is 5. The molecule has 0 aromatic carbocycles.